The van der Waals surface area contributed by atoms with Gasteiger partial charge in [-0.15, -0.1) is 10.2 Å². The van der Waals surface area contributed by atoms with Crippen LogP contribution in [0.1, 0.15) is 6.92 Å². The van der Waals surface area contributed by atoms with E-state index in [0.29, 0.717) is 12.4 Å². The van der Waals surface area contributed by atoms with E-state index in [2.05, 4.69) is 38.4 Å². The van der Waals surface area contributed by atoms with Gasteiger partial charge in [0.25, 0.3) is 0 Å². The number of fused-ring (bicyclic) bond motifs is 1. The maximum Gasteiger partial charge on any atom is 0.247 e. The molecule has 0 saturated carbocycles. The summed E-state index contributed by atoms with van der Waals surface area (Å²) in [6, 6.07) is 12.6. The standard InChI is InChI=1S/C21H19FN6O/c1-2-28-18-7-6-15(21-26-24-13-29-21)11-17(18)25-19(28)12-27-9-8-23-20(27)14-4-3-5-16(22)10-14/h3-11,13,19,25H,2,12H2,1H3. The van der Waals surface area contributed by atoms with Crippen LogP contribution in [0.15, 0.2) is 65.7 Å². The third-order valence-electron chi connectivity index (χ3n) is 5.12. The van der Waals surface area contributed by atoms with Crippen LogP contribution >= 0.6 is 0 Å². The van der Waals surface area contributed by atoms with Crippen LogP contribution in [0, 0.1) is 5.82 Å². The molecule has 0 bridgehead atoms. The molecule has 3 heterocycles. The number of imidazole rings is 1. The lowest BCUT2D eigenvalue weighted by atomic mass is 10.1. The second kappa shape index (κ2) is 7.05. The molecule has 8 heteroatoms. The van der Waals surface area contributed by atoms with Gasteiger partial charge >= 0.3 is 0 Å². The van der Waals surface area contributed by atoms with Crippen LogP contribution in [0.5, 0.6) is 0 Å². The molecule has 2 aromatic heterocycles. The summed E-state index contributed by atoms with van der Waals surface area (Å²) >= 11 is 0. The highest BCUT2D eigenvalue weighted by Crippen LogP contribution is 2.38. The van der Waals surface area contributed by atoms with E-state index in [-0.39, 0.29) is 12.0 Å². The number of likely N-dealkylation sites (N-methyl/N-ethyl adjacent to an activating group) is 1. The Balaban J connectivity index is 1.43. The molecule has 1 unspecified atom stereocenters. The number of hydrogen-bond donors (Lipinski definition) is 1. The van der Waals surface area contributed by atoms with E-state index in [1.807, 2.05) is 29.0 Å². The molecule has 2 aromatic carbocycles. The van der Waals surface area contributed by atoms with E-state index >= 15 is 0 Å². The lowest BCUT2D eigenvalue weighted by Crippen LogP contribution is -2.39. The highest BCUT2D eigenvalue weighted by atomic mass is 19.1. The van der Waals surface area contributed by atoms with Crippen molar-refractivity contribution in [1.82, 2.24) is 19.7 Å². The predicted molar refractivity (Wildman–Crippen MR) is 108 cm³/mol. The van der Waals surface area contributed by atoms with Gasteiger partial charge in [0.15, 0.2) is 0 Å². The number of benzene rings is 2. The molecule has 0 fully saturated rings. The molecule has 1 aliphatic heterocycles. The van der Waals surface area contributed by atoms with E-state index in [0.717, 1.165) is 34.9 Å². The minimum absolute atomic E-state index is 0.0365. The second-order valence-corrected chi connectivity index (χ2v) is 6.84. The van der Waals surface area contributed by atoms with Crippen molar-refractivity contribution in [2.24, 2.45) is 0 Å². The molecule has 0 radical (unpaired) electrons. The van der Waals surface area contributed by atoms with E-state index in [1.165, 1.54) is 18.5 Å². The van der Waals surface area contributed by atoms with E-state index in [4.69, 9.17) is 4.42 Å². The molecule has 0 amide bonds. The molecular weight excluding hydrogens is 371 g/mol. The van der Waals surface area contributed by atoms with Gasteiger partial charge in [-0.1, -0.05) is 12.1 Å². The van der Waals surface area contributed by atoms with Crippen LogP contribution in [-0.2, 0) is 6.54 Å². The van der Waals surface area contributed by atoms with Crippen molar-refractivity contribution in [3.05, 3.63) is 67.1 Å². The topological polar surface area (TPSA) is 72.0 Å². The van der Waals surface area contributed by atoms with Gasteiger partial charge in [0.05, 0.1) is 17.9 Å². The zero-order valence-electron chi connectivity index (χ0n) is 15.8. The summed E-state index contributed by atoms with van der Waals surface area (Å²) in [6.07, 6.45) is 5.02. The maximum atomic E-state index is 13.7. The molecule has 0 spiro atoms. The Bertz CT molecular complexity index is 1140. The Kier molecular flexibility index (Phi) is 4.23. The average molecular weight is 390 g/mol. The number of hydrogen-bond acceptors (Lipinski definition) is 6. The van der Waals surface area contributed by atoms with Crippen LogP contribution in [0.25, 0.3) is 22.8 Å². The predicted octanol–water partition coefficient (Wildman–Crippen LogP) is 4.02. The number of halogens is 1. The molecular formula is C21H19FN6O. The third-order valence-corrected chi connectivity index (χ3v) is 5.12. The van der Waals surface area contributed by atoms with Crippen molar-refractivity contribution in [3.8, 4) is 22.8 Å². The van der Waals surface area contributed by atoms with Crippen LogP contribution in [0.3, 0.4) is 0 Å². The van der Waals surface area contributed by atoms with Crippen LogP contribution < -0.4 is 10.2 Å². The van der Waals surface area contributed by atoms with Crippen molar-refractivity contribution in [1.29, 1.82) is 0 Å². The summed E-state index contributed by atoms with van der Waals surface area (Å²) in [6.45, 7) is 3.62. The fourth-order valence-electron chi connectivity index (χ4n) is 3.82. The molecule has 1 N–H and O–H groups in total. The maximum absolute atomic E-state index is 13.7. The lowest BCUT2D eigenvalue weighted by Gasteiger charge is -2.26. The van der Waals surface area contributed by atoms with E-state index in [9.17, 15) is 4.39 Å². The number of nitrogens with zero attached hydrogens (tertiary/aromatic N) is 5. The van der Waals surface area contributed by atoms with Crippen LogP contribution in [-0.4, -0.2) is 32.5 Å². The van der Waals surface area contributed by atoms with Crippen LogP contribution in [0.2, 0.25) is 0 Å². The summed E-state index contributed by atoms with van der Waals surface area (Å²) in [5.74, 6) is 0.959. The van der Waals surface area contributed by atoms with Gasteiger partial charge < -0.3 is 19.2 Å². The monoisotopic (exact) mass is 390 g/mol. The Labute approximate surface area is 166 Å². The SMILES string of the molecule is CCN1c2ccc(-c3nnco3)cc2NC1Cn1ccnc1-c1cccc(F)c1. The first-order valence-electron chi connectivity index (χ1n) is 9.44. The normalized spacial score (nSPS) is 15.4. The summed E-state index contributed by atoms with van der Waals surface area (Å²) in [5, 5.41) is 11.3. The molecule has 1 atom stereocenters. The fraction of sp³-hybridized carbons (Fsp3) is 0.190. The molecule has 146 valence electrons. The zero-order valence-corrected chi connectivity index (χ0v) is 15.8. The zero-order chi connectivity index (χ0) is 19.8. The minimum Gasteiger partial charge on any atom is -0.423 e. The number of aromatic nitrogens is 4. The quantitative estimate of drug-likeness (QED) is 0.555. The molecule has 1 aliphatic rings. The Hall–Kier alpha value is -3.68. The van der Waals surface area contributed by atoms with Gasteiger partial charge in [0.2, 0.25) is 12.3 Å². The van der Waals surface area contributed by atoms with Gasteiger partial charge in [-0.3, -0.25) is 0 Å². The Morgan fingerprint density at radius 2 is 2.10 bits per heavy atom. The van der Waals surface area contributed by atoms with Crippen LogP contribution in [0.4, 0.5) is 15.8 Å². The fourth-order valence-corrected chi connectivity index (χ4v) is 3.82. The summed E-state index contributed by atoms with van der Waals surface area (Å²) in [7, 11) is 0. The van der Waals surface area contributed by atoms with Gasteiger partial charge in [0, 0.05) is 30.1 Å². The Morgan fingerprint density at radius 1 is 1.17 bits per heavy atom. The molecule has 29 heavy (non-hydrogen) atoms. The smallest absolute Gasteiger partial charge is 0.247 e. The molecule has 0 saturated heterocycles. The first-order valence-corrected chi connectivity index (χ1v) is 9.44. The van der Waals surface area contributed by atoms with Gasteiger partial charge in [-0.05, 0) is 37.3 Å². The van der Waals surface area contributed by atoms with Crippen molar-refractivity contribution < 1.29 is 8.81 Å². The highest BCUT2D eigenvalue weighted by molar-refractivity contribution is 5.80. The van der Waals surface area contributed by atoms with Crippen molar-refractivity contribution in [2.75, 3.05) is 16.8 Å². The van der Waals surface area contributed by atoms with Crippen molar-refractivity contribution in [2.45, 2.75) is 19.6 Å². The molecule has 0 aliphatic carbocycles. The first kappa shape index (κ1) is 17.4. The molecule has 4 aromatic rings. The minimum atomic E-state index is -0.271. The van der Waals surface area contributed by atoms with E-state index in [1.54, 1.807) is 12.3 Å². The summed E-state index contributed by atoms with van der Waals surface area (Å²) in [4.78, 5) is 6.73. The Morgan fingerprint density at radius 3 is 2.90 bits per heavy atom. The molecule has 5 rings (SSSR count). The highest BCUT2D eigenvalue weighted by Gasteiger charge is 2.29. The van der Waals surface area contributed by atoms with Gasteiger partial charge in [-0.2, -0.15) is 0 Å². The van der Waals surface area contributed by atoms with Gasteiger partial charge in [0.1, 0.15) is 17.8 Å². The average Bonchev–Trinajstić information content (AvgIpc) is 3.47. The van der Waals surface area contributed by atoms with Crippen molar-refractivity contribution >= 4 is 11.4 Å². The van der Waals surface area contributed by atoms with Crippen molar-refractivity contribution in [3.63, 3.8) is 0 Å². The largest absolute Gasteiger partial charge is 0.423 e. The number of anilines is 2. The summed E-state index contributed by atoms with van der Waals surface area (Å²) in [5.41, 5.74) is 3.76. The second-order valence-electron chi connectivity index (χ2n) is 6.84. The lowest BCUT2D eigenvalue weighted by molar-refractivity contribution is 0.568. The van der Waals surface area contributed by atoms with Gasteiger partial charge in [-0.25, -0.2) is 9.37 Å². The van der Waals surface area contributed by atoms with E-state index < -0.39 is 0 Å². The molecule has 7 nitrogen and oxygen atoms in total. The first-order chi connectivity index (χ1) is 14.2. The number of nitrogens with one attached hydrogen (secondary N) is 1. The third kappa shape index (κ3) is 3.12. The number of rotatable bonds is 5. The summed E-state index contributed by atoms with van der Waals surface area (Å²) < 4.78 is 21.0.